The molecule has 1 saturated heterocycles. The smallest absolute Gasteiger partial charge is 0.271 e. The Balaban J connectivity index is 2.49. The molecule has 10 heteroatoms. The van der Waals surface area contributed by atoms with E-state index in [1.54, 1.807) is 0 Å². The molecule has 0 saturated carbocycles. The maximum absolute atomic E-state index is 12.5. The van der Waals surface area contributed by atoms with Crippen molar-refractivity contribution in [1.82, 2.24) is 9.62 Å². The highest BCUT2D eigenvalue weighted by Gasteiger charge is 2.32. The Hall–Kier alpha value is -2.20. The van der Waals surface area contributed by atoms with Crippen LogP contribution >= 0.6 is 0 Å². The van der Waals surface area contributed by atoms with E-state index < -0.39 is 20.9 Å². The number of ether oxygens (including phenoxy) is 1. The van der Waals surface area contributed by atoms with Crippen LogP contribution in [0.4, 0.5) is 5.69 Å². The number of nitro benzene ring substituents is 1. The molecule has 9 nitrogen and oxygen atoms in total. The van der Waals surface area contributed by atoms with Crippen LogP contribution in [0.3, 0.4) is 0 Å². The third-order valence-corrected chi connectivity index (χ3v) is 4.85. The average molecular weight is 315 g/mol. The van der Waals surface area contributed by atoms with Gasteiger partial charge >= 0.3 is 0 Å². The minimum absolute atomic E-state index is 0.00779. The number of piperazine rings is 1. The Kier molecular flexibility index (Phi) is 4.09. The zero-order valence-electron chi connectivity index (χ0n) is 11.1. The molecular formula is C11H13N3O6S. The second-order valence-electron chi connectivity index (χ2n) is 4.28. The lowest BCUT2D eigenvalue weighted by molar-refractivity contribution is -0.385. The first kappa shape index (κ1) is 15.2. The van der Waals surface area contributed by atoms with Crippen LogP contribution in [-0.2, 0) is 14.8 Å². The summed E-state index contributed by atoms with van der Waals surface area (Å²) in [6.07, 6.45) is 0. The van der Waals surface area contributed by atoms with E-state index in [1.165, 1.54) is 13.2 Å². The van der Waals surface area contributed by atoms with Gasteiger partial charge < -0.3 is 10.1 Å². The van der Waals surface area contributed by atoms with Crippen molar-refractivity contribution >= 4 is 21.6 Å². The molecule has 0 bridgehead atoms. The normalized spacial score (nSPS) is 16.3. The highest BCUT2D eigenvalue weighted by Crippen LogP contribution is 2.30. The summed E-state index contributed by atoms with van der Waals surface area (Å²) >= 11 is 0. The molecule has 1 N–H and O–H groups in total. The molecule has 2 rings (SSSR count). The van der Waals surface area contributed by atoms with Gasteiger partial charge in [0.25, 0.3) is 5.69 Å². The van der Waals surface area contributed by atoms with Gasteiger partial charge in [-0.15, -0.1) is 0 Å². The van der Waals surface area contributed by atoms with Gasteiger partial charge in [0.05, 0.1) is 18.6 Å². The summed E-state index contributed by atoms with van der Waals surface area (Å²) in [5.41, 5.74) is -0.365. The van der Waals surface area contributed by atoms with E-state index in [1.807, 2.05) is 0 Å². The summed E-state index contributed by atoms with van der Waals surface area (Å²) in [5, 5.41) is 13.3. The van der Waals surface area contributed by atoms with Crippen molar-refractivity contribution in [2.75, 3.05) is 26.7 Å². The van der Waals surface area contributed by atoms with Crippen LogP contribution in [0, 0.1) is 10.1 Å². The van der Waals surface area contributed by atoms with Crippen LogP contribution in [0.5, 0.6) is 5.75 Å². The highest BCUT2D eigenvalue weighted by molar-refractivity contribution is 7.89. The fourth-order valence-corrected chi connectivity index (χ4v) is 3.51. The van der Waals surface area contributed by atoms with Crippen LogP contribution < -0.4 is 10.1 Å². The molecule has 0 spiro atoms. The lowest BCUT2D eigenvalue weighted by atomic mass is 10.3. The van der Waals surface area contributed by atoms with Gasteiger partial charge in [-0.3, -0.25) is 14.9 Å². The summed E-state index contributed by atoms with van der Waals surface area (Å²) in [6, 6.07) is 3.30. The third-order valence-electron chi connectivity index (χ3n) is 2.98. The molecule has 1 amide bonds. The number of nitrogens with one attached hydrogen (secondary N) is 1. The van der Waals surface area contributed by atoms with E-state index >= 15 is 0 Å². The molecule has 0 unspecified atom stereocenters. The first-order chi connectivity index (χ1) is 9.86. The SMILES string of the molecule is COc1ccc([N+](=O)[O-])cc1S(=O)(=O)N1CCNC(=O)C1. The predicted octanol–water partition coefficient (Wildman–Crippen LogP) is -0.276. The van der Waals surface area contributed by atoms with Crippen LogP contribution in [0.15, 0.2) is 23.1 Å². The molecule has 1 aromatic rings. The molecule has 1 aromatic carbocycles. The molecule has 1 aliphatic heterocycles. The molecule has 0 aromatic heterocycles. The predicted molar refractivity (Wildman–Crippen MR) is 71.4 cm³/mol. The maximum atomic E-state index is 12.5. The maximum Gasteiger partial charge on any atom is 0.271 e. The Morgan fingerprint density at radius 3 is 2.71 bits per heavy atom. The Labute approximate surface area is 120 Å². The van der Waals surface area contributed by atoms with Gasteiger partial charge in [0.1, 0.15) is 10.6 Å². The molecular weight excluding hydrogens is 302 g/mol. The summed E-state index contributed by atoms with van der Waals surface area (Å²) in [4.78, 5) is 21.1. The minimum atomic E-state index is -4.05. The monoisotopic (exact) mass is 315 g/mol. The number of hydrogen-bond acceptors (Lipinski definition) is 6. The third kappa shape index (κ3) is 2.95. The van der Waals surface area contributed by atoms with E-state index in [4.69, 9.17) is 4.74 Å². The lowest BCUT2D eigenvalue weighted by Gasteiger charge is -2.26. The summed E-state index contributed by atoms with van der Waals surface area (Å²) in [5.74, 6) is -0.430. The number of non-ortho nitro benzene ring substituents is 1. The van der Waals surface area contributed by atoms with E-state index in [2.05, 4.69) is 5.32 Å². The average Bonchev–Trinajstić information content (AvgIpc) is 2.46. The molecule has 1 heterocycles. The molecule has 21 heavy (non-hydrogen) atoms. The van der Waals surface area contributed by atoms with Crippen molar-refractivity contribution < 1.29 is 22.9 Å². The second-order valence-corrected chi connectivity index (χ2v) is 6.19. The fourth-order valence-electron chi connectivity index (χ4n) is 1.94. The number of nitro groups is 1. The van der Waals surface area contributed by atoms with Gasteiger partial charge in [-0.1, -0.05) is 0 Å². The number of hydrogen-bond donors (Lipinski definition) is 1. The standard InChI is InChI=1S/C11H13N3O6S/c1-20-9-3-2-8(14(16)17)6-10(9)21(18,19)13-5-4-12-11(15)7-13/h2-3,6H,4-5,7H2,1H3,(H,12,15). The van der Waals surface area contributed by atoms with Crippen LogP contribution in [0.2, 0.25) is 0 Å². The number of methoxy groups -OCH3 is 1. The van der Waals surface area contributed by atoms with Crippen molar-refractivity contribution in [3.05, 3.63) is 28.3 Å². The number of rotatable bonds is 4. The summed E-state index contributed by atoms with van der Waals surface area (Å²) < 4.78 is 31.0. The van der Waals surface area contributed by atoms with Crippen LogP contribution in [-0.4, -0.2) is 50.3 Å². The van der Waals surface area contributed by atoms with Gasteiger partial charge in [0.15, 0.2) is 0 Å². The topological polar surface area (TPSA) is 119 Å². The lowest BCUT2D eigenvalue weighted by Crippen LogP contribution is -2.49. The summed E-state index contributed by atoms with van der Waals surface area (Å²) in [7, 11) is -2.78. The van der Waals surface area contributed by atoms with E-state index in [0.29, 0.717) is 0 Å². The number of carbonyl (C=O) groups is 1. The Morgan fingerprint density at radius 1 is 1.43 bits per heavy atom. The van der Waals surface area contributed by atoms with Crippen molar-refractivity contribution in [3.63, 3.8) is 0 Å². The molecule has 0 atom stereocenters. The number of benzene rings is 1. The zero-order valence-corrected chi connectivity index (χ0v) is 11.9. The van der Waals surface area contributed by atoms with Gasteiger partial charge in [-0.2, -0.15) is 4.31 Å². The van der Waals surface area contributed by atoms with Crippen molar-refractivity contribution in [2.45, 2.75) is 4.90 Å². The molecule has 0 radical (unpaired) electrons. The van der Waals surface area contributed by atoms with Gasteiger partial charge in [0.2, 0.25) is 15.9 Å². The first-order valence-corrected chi connectivity index (χ1v) is 7.39. The van der Waals surface area contributed by atoms with Crippen molar-refractivity contribution in [2.24, 2.45) is 0 Å². The Bertz CT molecular complexity index is 687. The van der Waals surface area contributed by atoms with Crippen molar-refractivity contribution in [3.8, 4) is 5.75 Å². The number of carbonyl (C=O) groups excluding carboxylic acids is 1. The fraction of sp³-hybridized carbons (Fsp3) is 0.364. The van der Waals surface area contributed by atoms with Gasteiger partial charge in [-0.05, 0) is 6.07 Å². The van der Waals surface area contributed by atoms with E-state index in [-0.39, 0.29) is 36.0 Å². The molecule has 0 aliphatic carbocycles. The Morgan fingerprint density at radius 2 is 2.14 bits per heavy atom. The number of amides is 1. The quantitative estimate of drug-likeness (QED) is 0.603. The van der Waals surface area contributed by atoms with E-state index in [9.17, 15) is 23.3 Å². The minimum Gasteiger partial charge on any atom is -0.495 e. The molecule has 1 aliphatic rings. The number of sulfonamides is 1. The van der Waals surface area contributed by atoms with Crippen LogP contribution in [0.25, 0.3) is 0 Å². The van der Waals surface area contributed by atoms with E-state index in [0.717, 1.165) is 16.4 Å². The van der Waals surface area contributed by atoms with Gasteiger partial charge in [-0.25, -0.2) is 8.42 Å². The summed E-state index contributed by atoms with van der Waals surface area (Å²) in [6.45, 7) is -0.0383. The van der Waals surface area contributed by atoms with Crippen LogP contribution in [0.1, 0.15) is 0 Å². The first-order valence-electron chi connectivity index (χ1n) is 5.95. The molecule has 1 fully saturated rings. The van der Waals surface area contributed by atoms with Gasteiger partial charge in [0, 0.05) is 25.2 Å². The largest absolute Gasteiger partial charge is 0.495 e. The second kappa shape index (κ2) is 5.66. The highest BCUT2D eigenvalue weighted by atomic mass is 32.2. The molecule has 114 valence electrons. The van der Waals surface area contributed by atoms with Crippen molar-refractivity contribution in [1.29, 1.82) is 0 Å². The number of nitrogens with zero attached hydrogens (tertiary/aromatic N) is 2. The zero-order chi connectivity index (χ0) is 15.6.